The number of ether oxygens (including phenoxy) is 4. The highest BCUT2D eigenvalue weighted by Crippen LogP contribution is 2.71. The van der Waals surface area contributed by atoms with Crippen molar-refractivity contribution in [2.24, 2.45) is 0 Å². The molecule has 1 amide bonds. The Bertz CT molecular complexity index is 1740. The number of amides is 1. The van der Waals surface area contributed by atoms with E-state index >= 15 is 0 Å². The van der Waals surface area contributed by atoms with Gasteiger partial charge in [-0.1, -0.05) is 41.4 Å². The zero-order chi connectivity index (χ0) is 33.0. The fraction of sp³-hybridized carbons (Fsp3) is 0.323. The largest absolute Gasteiger partial charge is 0.466 e. The van der Waals surface area contributed by atoms with E-state index in [9.17, 15) is 24.0 Å². The molecule has 3 aliphatic heterocycles. The molecule has 0 aliphatic carbocycles. The van der Waals surface area contributed by atoms with Gasteiger partial charge in [-0.05, 0) is 62.4 Å². The maximum absolute atomic E-state index is 14.3. The van der Waals surface area contributed by atoms with E-state index in [0.29, 0.717) is 26.6 Å². The Morgan fingerprint density at radius 3 is 1.80 bits per heavy atom. The second kappa shape index (κ2) is 12.0. The second-order valence-electron chi connectivity index (χ2n) is 10.6. The summed E-state index contributed by atoms with van der Waals surface area (Å²) in [5.41, 5.74) is 2.29. The molecular formula is C31H29NO9S4. The fourth-order valence-electron chi connectivity index (χ4n) is 5.45. The normalized spacial score (nSPS) is 18.0. The minimum Gasteiger partial charge on any atom is -0.466 e. The molecule has 14 heteroatoms. The quantitative estimate of drug-likeness (QED) is 0.287. The number of nitrogens with zero attached hydrogens (tertiary/aromatic N) is 1. The first-order chi connectivity index (χ1) is 21.3. The molecule has 0 unspecified atom stereocenters. The molecule has 0 saturated carbocycles. The Morgan fingerprint density at radius 2 is 1.29 bits per heavy atom. The Kier molecular flexibility index (Phi) is 8.81. The van der Waals surface area contributed by atoms with E-state index in [4.69, 9.17) is 18.9 Å². The summed E-state index contributed by atoms with van der Waals surface area (Å²) in [6.45, 7) is 7.56. The SMILES string of the molecule is COC(=O)C1=C(C(=O)OC)SC2(S1)C(C(=O)OC)=C(C(=O)OC)SC1=C2c2cc(C)c(C)cc2N(C(=O)c2cccs2)C1(C)C. The number of rotatable bonds is 5. The first kappa shape index (κ1) is 32.9. The molecule has 0 radical (unpaired) electrons. The van der Waals surface area contributed by atoms with Crippen LogP contribution >= 0.6 is 46.6 Å². The third-order valence-electron chi connectivity index (χ3n) is 7.69. The van der Waals surface area contributed by atoms with Crippen LogP contribution in [0.15, 0.2) is 54.8 Å². The number of methoxy groups -OCH3 is 4. The maximum Gasteiger partial charge on any atom is 0.345 e. The van der Waals surface area contributed by atoms with Gasteiger partial charge in [-0.25, -0.2) is 19.2 Å². The smallest absolute Gasteiger partial charge is 0.345 e. The van der Waals surface area contributed by atoms with Crippen LogP contribution in [0.2, 0.25) is 0 Å². The zero-order valence-electron chi connectivity index (χ0n) is 25.6. The van der Waals surface area contributed by atoms with Crippen molar-refractivity contribution >= 4 is 87.7 Å². The highest BCUT2D eigenvalue weighted by Gasteiger charge is 2.62. The van der Waals surface area contributed by atoms with E-state index in [0.717, 1.165) is 46.4 Å². The van der Waals surface area contributed by atoms with Crippen LogP contribution in [0.5, 0.6) is 0 Å². The van der Waals surface area contributed by atoms with Gasteiger partial charge in [0.2, 0.25) is 0 Å². The van der Waals surface area contributed by atoms with E-state index in [-0.39, 0.29) is 26.2 Å². The van der Waals surface area contributed by atoms with Gasteiger partial charge in [0.05, 0.1) is 50.1 Å². The van der Waals surface area contributed by atoms with Crippen molar-refractivity contribution in [1.82, 2.24) is 0 Å². The lowest BCUT2D eigenvalue weighted by Crippen LogP contribution is -2.53. The fourth-order valence-corrected chi connectivity index (χ4v) is 11.2. The first-order valence-electron chi connectivity index (χ1n) is 13.4. The highest BCUT2D eigenvalue weighted by atomic mass is 32.2. The molecule has 0 saturated heterocycles. The van der Waals surface area contributed by atoms with E-state index in [2.05, 4.69) is 0 Å². The number of thiophene rings is 1. The molecule has 5 rings (SSSR count). The van der Waals surface area contributed by atoms with Crippen LogP contribution in [0.25, 0.3) is 5.57 Å². The van der Waals surface area contributed by atoms with Crippen molar-refractivity contribution in [2.75, 3.05) is 33.3 Å². The van der Waals surface area contributed by atoms with Crippen LogP contribution in [-0.4, -0.2) is 67.8 Å². The molecular weight excluding hydrogens is 659 g/mol. The third kappa shape index (κ3) is 5.02. The zero-order valence-corrected chi connectivity index (χ0v) is 28.9. The lowest BCUT2D eigenvalue weighted by Gasteiger charge is -2.50. The average Bonchev–Trinajstić information content (AvgIpc) is 3.70. The van der Waals surface area contributed by atoms with Crippen molar-refractivity contribution in [2.45, 2.75) is 37.3 Å². The number of hydrogen-bond acceptors (Lipinski definition) is 13. The number of carbonyl (C=O) groups is 5. The molecule has 0 fully saturated rings. The van der Waals surface area contributed by atoms with Crippen LogP contribution < -0.4 is 4.90 Å². The summed E-state index contributed by atoms with van der Waals surface area (Å²) in [5.74, 6) is -3.57. The van der Waals surface area contributed by atoms with E-state index < -0.39 is 33.5 Å². The molecule has 10 nitrogen and oxygen atoms in total. The summed E-state index contributed by atoms with van der Waals surface area (Å²) in [4.78, 5) is 70.3. The van der Waals surface area contributed by atoms with Gasteiger partial charge in [0.25, 0.3) is 5.91 Å². The minimum absolute atomic E-state index is 0.0951. The van der Waals surface area contributed by atoms with Crippen molar-refractivity contribution in [3.05, 3.63) is 76.4 Å². The Morgan fingerprint density at radius 1 is 0.756 bits per heavy atom. The molecule has 0 bridgehead atoms. The number of hydrogen-bond donors (Lipinski definition) is 0. The number of benzene rings is 1. The molecule has 3 aliphatic rings. The summed E-state index contributed by atoms with van der Waals surface area (Å²) >= 11 is 4.11. The molecule has 45 heavy (non-hydrogen) atoms. The van der Waals surface area contributed by atoms with Crippen LogP contribution in [0.1, 0.15) is 40.2 Å². The van der Waals surface area contributed by atoms with Crippen molar-refractivity contribution < 1.29 is 42.9 Å². The van der Waals surface area contributed by atoms with Gasteiger partial charge >= 0.3 is 23.9 Å². The maximum atomic E-state index is 14.3. The van der Waals surface area contributed by atoms with Gasteiger partial charge < -0.3 is 18.9 Å². The number of esters is 4. The predicted octanol–water partition coefficient (Wildman–Crippen LogP) is 5.60. The number of fused-ring (bicyclic) bond motifs is 3. The van der Waals surface area contributed by atoms with Crippen LogP contribution in [0, 0.1) is 13.8 Å². The van der Waals surface area contributed by atoms with Crippen LogP contribution in [-0.2, 0) is 38.1 Å². The molecule has 2 aromatic rings. The molecule has 4 heterocycles. The average molecular weight is 688 g/mol. The Balaban J connectivity index is 1.92. The molecule has 236 valence electrons. The highest BCUT2D eigenvalue weighted by molar-refractivity contribution is 8.26. The lowest BCUT2D eigenvalue weighted by atomic mass is 9.82. The summed E-state index contributed by atoms with van der Waals surface area (Å²) < 4.78 is 18.8. The van der Waals surface area contributed by atoms with Gasteiger partial charge in [-0.3, -0.25) is 9.69 Å². The van der Waals surface area contributed by atoms with Crippen LogP contribution in [0.4, 0.5) is 5.69 Å². The number of aryl methyl sites for hydroxylation is 2. The van der Waals surface area contributed by atoms with Crippen molar-refractivity contribution in [1.29, 1.82) is 0 Å². The lowest BCUT2D eigenvalue weighted by molar-refractivity contribution is -0.138. The molecule has 0 atom stereocenters. The number of anilines is 1. The van der Waals surface area contributed by atoms with Crippen molar-refractivity contribution in [3.8, 4) is 0 Å². The first-order valence-corrected chi connectivity index (χ1v) is 16.7. The summed E-state index contributed by atoms with van der Waals surface area (Å²) in [6, 6.07) is 7.37. The molecule has 0 N–H and O–H groups in total. The van der Waals surface area contributed by atoms with E-state index in [1.165, 1.54) is 39.8 Å². The van der Waals surface area contributed by atoms with Crippen molar-refractivity contribution in [3.63, 3.8) is 0 Å². The predicted molar refractivity (Wildman–Crippen MR) is 176 cm³/mol. The van der Waals surface area contributed by atoms with Gasteiger partial charge in [-0.2, -0.15) is 0 Å². The summed E-state index contributed by atoms with van der Waals surface area (Å²) in [5, 5.41) is 1.82. The van der Waals surface area contributed by atoms with E-state index in [1.54, 1.807) is 17.0 Å². The summed E-state index contributed by atoms with van der Waals surface area (Å²) in [6.07, 6.45) is 0. The van der Waals surface area contributed by atoms with Gasteiger partial charge in [0.1, 0.15) is 18.8 Å². The Hall–Kier alpha value is -3.46. The molecule has 1 spiro atoms. The number of carbonyl (C=O) groups excluding carboxylic acids is 5. The molecule has 1 aromatic carbocycles. The summed E-state index contributed by atoms with van der Waals surface area (Å²) in [7, 11) is 4.73. The van der Waals surface area contributed by atoms with Gasteiger partial charge in [0.15, 0.2) is 0 Å². The van der Waals surface area contributed by atoms with Gasteiger partial charge in [-0.15, -0.1) is 11.3 Å². The topological polar surface area (TPSA) is 126 Å². The second-order valence-corrected chi connectivity index (χ2v) is 15.3. The molecule has 1 aromatic heterocycles. The Labute approximate surface area is 276 Å². The minimum atomic E-state index is -1.63. The van der Waals surface area contributed by atoms with E-state index in [1.807, 2.05) is 45.2 Å². The van der Waals surface area contributed by atoms with Gasteiger partial charge in [0, 0.05) is 16.0 Å². The third-order valence-corrected chi connectivity index (χ3v) is 13.2. The standard InChI is InChI=1S/C31H29NO9S4/c1-14-12-16-17(13-15(14)2)32(25(33)18-10-9-11-42-18)30(3,4)24-19(16)31(20(26(34)38-5)21(43-24)27(35)39-6)44-22(28(36)40-7)23(45-31)29(37)41-8/h9-13H,1-8H3. The monoisotopic (exact) mass is 687 g/mol. The van der Waals surface area contributed by atoms with Crippen LogP contribution in [0.3, 0.4) is 0 Å². The number of thioether (sulfide) groups is 3.